The third-order valence-electron chi connectivity index (χ3n) is 4.11. The Kier molecular flexibility index (Phi) is 7.37. The molecule has 0 atom stereocenters. The lowest BCUT2D eigenvalue weighted by molar-refractivity contribution is -0.129. The number of amides is 1. The topological polar surface area (TPSA) is 90.1 Å². The van der Waals surface area contributed by atoms with Gasteiger partial charge in [-0.3, -0.25) is 4.79 Å². The minimum atomic E-state index is -0.539. The first-order valence-corrected chi connectivity index (χ1v) is 9.55. The number of hydrogen-bond acceptors (Lipinski definition) is 6. The van der Waals surface area contributed by atoms with Gasteiger partial charge in [0.25, 0.3) is 5.91 Å². The summed E-state index contributed by atoms with van der Waals surface area (Å²) in [5.74, 6) is 0.637. The highest BCUT2D eigenvalue weighted by molar-refractivity contribution is 5.89. The van der Waals surface area contributed by atoms with E-state index < -0.39 is 5.97 Å². The van der Waals surface area contributed by atoms with E-state index in [2.05, 4.69) is 10.5 Å². The Morgan fingerprint density at radius 3 is 2.77 bits per heavy atom. The number of hydrazone groups is 1. The van der Waals surface area contributed by atoms with Gasteiger partial charge < -0.3 is 13.9 Å². The van der Waals surface area contributed by atoms with E-state index in [-0.39, 0.29) is 12.5 Å². The zero-order valence-corrected chi connectivity index (χ0v) is 17.2. The number of furan rings is 1. The summed E-state index contributed by atoms with van der Waals surface area (Å²) in [5, 5.41) is 3.91. The van der Waals surface area contributed by atoms with E-state index in [0.29, 0.717) is 22.8 Å². The van der Waals surface area contributed by atoms with E-state index in [4.69, 9.17) is 13.9 Å². The highest BCUT2D eigenvalue weighted by Crippen LogP contribution is 2.18. The number of hydrogen-bond donors (Lipinski definition) is 1. The normalized spacial score (nSPS) is 11.0. The van der Waals surface area contributed by atoms with Crippen molar-refractivity contribution >= 4 is 24.2 Å². The van der Waals surface area contributed by atoms with E-state index >= 15 is 0 Å². The number of carbonyl (C=O) groups is 2. The van der Waals surface area contributed by atoms with Crippen LogP contribution in [0.5, 0.6) is 11.5 Å². The molecule has 0 aliphatic rings. The van der Waals surface area contributed by atoms with Gasteiger partial charge in [-0.1, -0.05) is 24.3 Å². The predicted molar refractivity (Wildman–Crippen MR) is 117 cm³/mol. The first kappa shape index (κ1) is 21.6. The molecule has 0 bridgehead atoms. The van der Waals surface area contributed by atoms with Gasteiger partial charge >= 0.3 is 5.97 Å². The summed E-state index contributed by atoms with van der Waals surface area (Å²) in [4.78, 5) is 23.9. The molecule has 0 aliphatic carbocycles. The molecule has 158 valence electrons. The number of ether oxygens (including phenoxy) is 2. The van der Waals surface area contributed by atoms with Crippen LogP contribution in [0.4, 0.5) is 0 Å². The van der Waals surface area contributed by atoms with Crippen LogP contribution in [0.2, 0.25) is 0 Å². The average Bonchev–Trinajstić information content (AvgIpc) is 3.27. The van der Waals surface area contributed by atoms with Crippen molar-refractivity contribution in [2.75, 3.05) is 6.61 Å². The monoisotopic (exact) mass is 418 g/mol. The summed E-state index contributed by atoms with van der Waals surface area (Å²) < 4.78 is 15.9. The zero-order chi connectivity index (χ0) is 22.1. The molecule has 0 saturated carbocycles. The van der Waals surface area contributed by atoms with Gasteiger partial charge in [0.05, 0.1) is 12.5 Å². The average molecular weight is 418 g/mol. The second-order valence-corrected chi connectivity index (χ2v) is 6.69. The van der Waals surface area contributed by atoms with Crippen LogP contribution in [-0.2, 0) is 9.59 Å². The second-order valence-electron chi connectivity index (χ2n) is 6.69. The van der Waals surface area contributed by atoms with Crippen LogP contribution >= 0.6 is 0 Å². The molecule has 3 aromatic rings. The number of esters is 1. The van der Waals surface area contributed by atoms with Crippen molar-refractivity contribution in [1.82, 2.24) is 5.43 Å². The minimum Gasteiger partial charge on any atom is -0.483 e. The SMILES string of the molecule is Cc1ccc(C)c(OCC(=O)NN=Cc2cccc(OC(=O)C=Cc3ccco3)c2)c1. The van der Waals surface area contributed by atoms with Crippen molar-refractivity contribution in [1.29, 1.82) is 0 Å². The first-order valence-electron chi connectivity index (χ1n) is 9.55. The van der Waals surface area contributed by atoms with Crippen LogP contribution in [0.1, 0.15) is 22.5 Å². The second kappa shape index (κ2) is 10.6. The third kappa shape index (κ3) is 7.01. The van der Waals surface area contributed by atoms with E-state index in [1.165, 1.54) is 24.6 Å². The molecule has 1 amide bonds. The molecule has 0 fully saturated rings. The molecule has 7 nitrogen and oxygen atoms in total. The fourth-order valence-electron chi connectivity index (χ4n) is 2.56. The lowest BCUT2D eigenvalue weighted by Gasteiger charge is -2.08. The van der Waals surface area contributed by atoms with Crippen LogP contribution in [-0.4, -0.2) is 24.7 Å². The van der Waals surface area contributed by atoms with Crippen LogP contribution in [0, 0.1) is 13.8 Å². The van der Waals surface area contributed by atoms with Gasteiger partial charge in [0.15, 0.2) is 6.61 Å². The Morgan fingerprint density at radius 2 is 1.97 bits per heavy atom. The molecule has 0 radical (unpaired) electrons. The third-order valence-corrected chi connectivity index (χ3v) is 4.11. The smallest absolute Gasteiger partial charge is 0.336 e. The van der Waals surface area contributed by atoms with Crippen LogP contribution in [0.25, 0.3) is 6.08 Å². The van der Waals surface area contributed by atoms with Crippen molar-refractivity contribution in [3.63, 3.8) is 0 Å². The number of nitrogens with one attached hydrogen (secondary N) is 1. The van der Waals surface area contributed by atoms with E-state index in [9.17, 15) is 9.59 Å². The van der Waals surface area contributed by atoms with Gasteiger partial charge in [0, 0.05) is 6.08 Å². The molecule has 3 rings (SSSR count). The van der Waals surface area contributed by atoms with Gasteiger partial charge in [-0.2, -0.15) is 5.10 Å². The summed E-state index contributed by atoms with van der Waals surface area (Å²) in [6, 6.07) is 16.0. The molecule has 0 aliphatic heterocycles. The van der Waals surface area contributed by atoms with Crippen molar-refractivity contribution in [3.8, 4) is 11.5 Å². The van der Waals surface area contributed by atoms with E-state index in [0.717, 1.165) is 11.1 Å². The highest BCUT2D eigenvalue weighted by Gasteiger charge is 2.05. The molecule has 0 saturated heterocycles. The standard InChI is InChI=1S/C24H22N2O5/c1-17-8-9-18(2)22(13-17)30-16-23(27)26-25-15-19-5-3-6-21(14-19)31-24(28)11-10-20-7-4-12-29-20/h3-15H,16H2,1-2H3,(H,26,27). The fraction of sp³-hybridized carbons (Fsp3) is 0.125. The minimum absolute atomic E-state index is 0.151. The quantitative estimate of drug-likeness (QED) is 0.196. The Bertz CT molecular complexity index is 1100. The Hall–Kier alpha value is -4.13. The largest absolute Gasteiger partial charge is 0.483 e. The van der Waals surface area contributed by atoms with Crippen molar-refractivity contribution in [2.45, 2.75) is 13.8 Å². The van der Waals surface area contributed by atoms with Crippen molar-refractivity contribution < 1.29 is 23.5 Å². The summed E-state index contributed by atoms with van der Waals surface area (Å²) >= 11 is 0. The lowest BCUT2D eigenvalue weighted by Crippen LogP contribution is -2.24. The van der Waals surface area contributed by atoms with Crippen LogP contribution < -0.4 is 14.9 Å². The van der Waals surface area contributed by atoms with E-state index in [1.807, 2.05) is 32.0 Å². The molecule has 1 heterocycles. The van der Waals surface area contributed by atoms with Crippen molar-refractivity contribution in [2.24, 2.45) is 5.10 Å². The Morgan fingerprint density at radius 1 is 1.10 bits per heavy atom. The van der Waals surface area contributed by atoms with Gasteiger partial charge in [0.2, 0.25) is 0 Å². The summed E-state index contributed by atoms with van der Waals surface area (Å²) in [5.41, 5.74) is 5.06. The lowest BCUT2D eigenvalue weighted by atomic mass is 10.1. The van der Waals surface area contributed by atoms with Gasteiger partial charge in [-0.15, -0.1) is 0 Å². The molecule has 0 unspecified atom stereocenters. The predicted octanol–water partition coefficient (Wildman–Crippen LogP) is 4.04. The summed E-state index contributed by atoms with van der Waals surface area (Å²) in [6.45, 7) is 3.72. The molecular weight excluding hydrogens is 396 g/mol. The first-order chi connectivity index (χ1) is 15.0. The highest BCUT2D eigenvalue weighted by atomic mass is 16.5. The number of rotatable bonds is 8. The van der Waals surface area contributed by atoms with Crippen molar-refractivity contribution in [3.05, 3.63) is 89.4 Å². The molecule has 2 aromatic carbocycles. The number of nitrogens with zero attached hydrogens (tertiary/aromatic N) is 1. The van der Waals surface area contributed by atoms with Crippen LogP contribution in [0.3, 0.4) is 0 Å². The Labute approximate surface area is 180 Å². The molecule has 1 aromatic heterocycles. The zero-order valence-electron chi connectivity index (χ0n) is 17.2. The summed E-state index contributed by atoms with van der Waals surface area (Å²) in [6.07, 6.45) is 5.76. The number of benzene rings is 2. The maximum atomic E-state index is 12.0. The molecule has 1 N–H and O–H groups in total. The van der Waals surface area contributed by atoms with E-state index in [1.54, 1.807) is 36.4 Å². The Balaban J connectivity index is 1.48. The maximum absolute atomic E-state index is 12.0. The summed E-state index contributed by atoms with van der Waals surface area (Å²) in [7, 11) is 0. The molecular formula is C24H22N2O5. The van der Waals surface area contributed by atoms with Gasteiger partial charge in [-0.05, 0) is 66.9 Å². The molecule has 31 heavy (non-hydrogen) atoms. The molecule has 0 spiro atoms. The number of aryl methyl sites for hydroxylation is 2. The van der Waals surface area contributed by atoms with Gasteiger partial charge in [0.1, 0.15) is 17.3 Å². The maximum Gasteiger partial charge on any atom is 0.336 e. The van der Waals surface area contributed by atoms with Gasteiger partial charge in [-0.25, -0.2) is 10.2 Å². The molecule has 7 heteroatoms. The number of carbonyl (C=O) groups excluding carboxylic acids is 2. The fourth-order valence-corrected chi connectivity index (χ4v) is 2.56. The van der Waals surface area contributed by atoms with Crippen LogP contribution in [0.15, 0.2) is 76.5 Å².